The van der Waals surface area contributed by atoms with Gasteiger partial charge in [-0.2, -0.15) is 0 Å². The van der Waals surface area contributed by atoms with Crippen molar-refractivity contribution in [3.05, 3.63) is 69.2 Å². The summed E-state index contributed by atoms with van der Waals surface area (Å²) in [5, 5.41) is 11.1. The van der Waals surface area contributed by atoms with Gasteiger partial charge < -0.3 is 5.32 Å². The van der Waals surface area contributed by atoms with Crippen LogP contribution in [0.1, 0.15) is 25.6 Å². The van der Waals surface area contributed by atoms with E-state index in [-0.39, 0.29) is 29.6 Å². The summed E-state index contributed by atoms with van der Waals surface area (Å²) in [6.07, 6.45) is 0. The molecule has 142 valence electrons. The minimum Gasteiger partial charge on any atom is -0.324 e. The molecular formula is C20H18BrN5O2. The Kier molecular flexibility index (Phi) is 4.72. The van der Waals surface area contributed by atoms with Crippen molar-refractivity contribution in [2.45, 2.75) is 26.3 Å². The van der Waals surface area contributed by atoms with Crippen molar-refractivity contribution in [1.29, 1.82) is 0 Å². The van der Waals surface area contributed by atoms with Gasteiger partial charge in [0.15, 0.2) is 0 Å². The number of hydrogen-bond donors (Lipinski definition) is 1. The van der Waals surface area contributed by atoms with Crippen molar-refractivity contribution >= 4 is 44.2 Å². The smallest absolute Gasteiger partial charge is 0.297 e. The van der Waals surface area contributed by atoms with Crippen LogP contribution in [0.3, 0.4) is 0 Å². The van der Waals surface area contributed by atoms with E-state index in [9.17, 15) is 9.59 Å². The van der Waals surface area contributed by atoms with Crippen molar-refractivity contribution < 1.29 is 4.79 Å². The first-order chi connectivity index (χ1) is 13.5. The van der Waals surface area contributed by atoms with E-state index in [1.807, 2.05) is 50.2 Å². The maximum absolute atomic E-state index is 13.1. The number of para-hydroxylation sites is 2. The molecule has 2 aromatic heterocycles. The lowest BCUT2D eigenvalue weighted by atomic mass is 10.2. The van der Waals surface area contributed by atoms with Crippen LogP contribution in [0, 0.1) is 0 Å². The number of fused-ring (bicyclic) bond motifs is 3. The molecule has 0 atom stereocenters. The average Bonchev–Trinajstić information content (AvgIpc) is 3.11. The molecule has 4 aromatic rings. The monoisotopic (exact) mass is 439 g/mol. The number of nitrogens with one attached hydrogen (secondary N) is 1. The number of anilines is 1. The van der Waals surface area contributed by atoms with Gasteiger partial charge in [0.25, 0.3) is 5.56 Å². The van der Waals surface area contributed by atoms with E-state index in [0.717, 1.165) is 9.99 Å². The third kappa shape index (κ3) is 3.20. The van der Waals surface area contributed by atoms with Crippen LogP contribution in [0.4, 0.5) is 5.69 Å². The summed E-state index contributed by atoms with van der Waals surface area (Å²) in [6, 6.07) is 14.8. The molecule has 1 amide bonds. The molecule has 0 aliphatic carbocycles. The van der Waals surface area contributed by atoms with E-state index in [4.69, 9.17) is 0 Å². The van der Waals surface area contributed by atoms with Crippen LogP contribution in [-0.4, -0.2) is 25.1 Å². The van der Waals surface area contributed by atoms with Gasteiger partial charge in [-0.15, -0.1) is 10.2 Å². The fourth-order valence-corrected chi connectivity index (χ4v) is 3.62. The van der Waals surface area contributed by atoms with E-state index >= 15 is 0 Å². The summed E-state index contributed by atoms with van der Waals surface area (Å²) < 4.78 is 4.08. The van der Waals surface area contributed by atoms with E-state index in [1.165, 1.54) is 4.57 Å². The van der Waals surface area contributed by atoms with Gasteiger partial charge >= 0.3 is 0 Å². The number of amides is 1. The third-order valence-electron chi connectivity index (χ3n) is 4.46. The zero-order chi connectivity index (χ0) is 19.8. The summed E-state index contributed by atoms with van der Waals surface area (Å²) in [6.45, 7) is 3.89. The van der Waals surface area contributed by atoms with Gasteiger partial charge in [-0.05, 0) is 30.3 Å². The van der Waals surface area contributed by atoms with E-state index in [1.54, 1.807) is 16.5 Å². The Morgan fingerprint density at radius 1 is 1.11 bits per heavy atom. The molecule has 0 saturated carbocycles. The lowest BCUT2D eigenvalue weighted by Gasteiger charge is -2.13. The predicted octanol–water partition coefficient (Wildman–Crippen LogP) is 3.57. The van der Waals surface area contributed by atoms with Crippen LogP contribution in [0.25, 0.3) is 16.7 Å². The van der Waals surface area contributed by atoms with Crippen LogP contribution in [-0.2, 0) is 11.3 Å². The number of halogens is 1. The highest BCUT2D eigenvalue weighted by molar-refractivity contribution is 9.10. The lowest BCUT2D eigenvalue weighted by molar-refractivity contribution is -0.116. The summed E-state index contributed by atoms with van der Waals surface area (Å²) in [5.41, 5.74) is 1.98. The Morgan fingerprint density at radius 3 is 2.57 bits per heavy atom. The van der Waals surface area contributed by atoms with Crippen molar-refractivity contribution in [2.75, 3.05) is 5.32 Å². The van der Waals surface area contributed by atoms with Crippen molar-refractivity contribution in [3.63, 3.8) is 0 Å². The zero-order valence-corrected chi connectivity index (χ0v) is 17.0. The highest BCUT2D eigenvalue weighted by atomic mass is 79.9. The maximum Gasteiger partial charge on any atom is 0.297 e. The summed E-state index contributed by atoms with van der Waals surface area (Å²) in [4.78, 5) is 25.7. The minimum atomic E-state index is -0.345. The SMILES string of the molecule is CC(C)c1nnc2c(=O)n(CC(=O)Nc3cccc(Br)c3)c3ccccc3n12. The molecule has 0 aliphatic rings. The van der Waals surface area contributed by atoms with Gasteiger partial charge in [0.05, 0.1) is 11.0 Å². The largest absolute Gasteiger partial charge is 0.324 e. The second-order valence-corrected chi connectivity index (χ2v) is 7.73. The van der Waals surface area contributed by atoms with E-state index in [2.05, 4.69) is 31.4 Å². The zero-order valence-electron chi connectivity index (χ0n) is 15.4. The highest BCUT2D eigenvalue weighted by Crippen LogP contribution is 2.20. The molecule has 8 heteroatoms. The second kappa shape index (κ2) is 7.20. The topological polar surface area (TPSA) is 81.3 Å². The first kappa shape index (κ1) is 18.4. The van der Waals surface area contributed by atoms with Gasteiger partial charge in [-0.25, -0.2) is 0 Å². The minimum absolute atomic E-state index is 0.105. The molecule has 0 unspecified atom stereocenters. The number of carbonyl (C=O) groups is 1. The Morgan fingerprint density at radius 2 is 1.86 bits per heavy atom. The van der Waals surface area contributed by atoms with Gasteiger partial charge in [0.2, 0.25) is 11.6 Å². The lowest BCUT2D eigenvalue weighted by Crippen LogP contribution is -2.29. The molecule has 7 nitrogen and oxygen atoms in total. The number of hydrogen-bond acceptors (Lipinski definition) is 4. The van der Waals surface area contributed by atoms with Gasteiger partial charge in [0, 0.05) is 16.1 Å². The molecule has 0 bridgehead atoms. The molecule has 0 aliphatic heterocycles. The maximum atomic E-state index is 13.1. The summed E-state index contributed by atoms with van der Waals surface area (Å²) >= 11 is 3.38. The molecular weight excluding hydrogens is 422 g/mol. The Bertz CT molecular complexity index is 1260. The number of carbonyl (C=O) groups excluding carboxylic acids is 1. The first-order valence-electron chi connectivity index (χ1n) is 8.87. The second-order valence-electron chi connectivity index (χ2n) is 6.81. The fraction of sp³-hybridized carbons (Fsp3) is 0.200. The highest BCUT2D eigenvalue weighted by Gasteiger charge is 2.19. The number of rotatable bonds is 4. The Balaban J connectivity index is 1.81. The fourth-order valence-electron chi connectivity index (χ4n) is 3.23. The predicted molar refractivity (Wildman–Crippen MR) is 112 cm³/mol. The van der Waals surface area contributed by atoms with Crippen molar-refractivity contribution in [1.82, 2.24) is 19.2 Å². The number of aromatic nitrogens is 4. The molecule has 0 saturated heterocycles. The Labute approximate surface area is 169 Å². The summed E-state index contributed by atoms with van der Waals surface area (Å²) in [7, 11) is 0. The molecule has 28 heavy (non-hydrogen) atoms. The van der Waals surface area contributed by atoms with Crippen molar-refractivity contribution in [3.8, 4) is 0 Å². The van der Waals surface area contributed by atoms with E-state index < -0.39 is 0 Å². The molecule has 2 aromatic carbocycles. The summed E-state index contributed by atoms with van der Waals surface area (Å²) in [5.74, 6) is 0.529. The Hall–Kier alpha value is -3.00. The van der Waals surface area contributed by atoms with Crippen LogP contribution >= 0.6 is 15.9 Å². The van der Waals surface area contributed by atoms with Crippen LogP contribution in [0.2, 0.25) is 0 Å². The quantitative estimate of drug-likeness (QED) is 0.526. The molecule has 0 spiro atoms. The third-order valence-corrected chi connectivity index (χ3v) is 4.96. The standard InChI is InChI=1S/C20H18BrN5O2/c1-12(2)18-23-24-19-20(28)25(15-8-3-4-9-16(15)26(18)19)11-17(27)22-14-7-5-6-13(21)10-14/h3-10,12H,11H2,1-2H3,(H,22,27). The first-order valence-corrected chi connectivity index (χ1v) is 9.67. The molecule has 0 fully saturated rings. The van der Waals surface area contributed by atoms with Gasteiger partial charge in [0.1, 0.15) is 12.4 Å². The molecule has 4 rings (SSSR count). The van der Waals surface area contributed by atoms with E-state index in [0.29, 0.717) is 17.0 Å². The van der Waals surface area contributed by atoms with Crippen LogP contribution in [0.5, 0.6) is 0 Å². The van der Waals surface area contributed by atoms with Crippen LogP contribution < -0.4 is 10.9 Å². The average molecular weight is 440 g/mol. The number of nitrogens with zero attached hydrogens (tertiary/aromatic N) is 4. The van der Waals surface area contributed by atoms with Crippen molar-refractivity contribution in [2.24, 2.45) is 0 Å². The van der Waals surface area contributed by atoms with Gasteiger partial charge in [-0.3, -0.25) is 18.6 Å². The normalized spacial score (nSPS) is 11.4. The molecule has 0 radical (unpaired) electrons. The van der Waals surface area contributed by atoms with Crippen LogP contribution in [0.15, 0.2) is 57.8 Å². The molecule has 2 heterocycles. The van der Waals surface area contributed by atoms with Gasteiger partial charge in [-0.1, -0.05) is 48.0 Å². The molecule has 1 N–H and O–H groups in total. The number of benzene rings is 2.